The molecule has 1 unspecified atom stereocenters. The molecule has 1 saturated heterocycles. The normalized spacial score (nSPS) is 21.5. The Labute approximate surface area is 156 Å². The van der Waals surface area contributed by atoms with Gasteiger partial charge in [-0.1, -0.05) is 24.1 Å². The first kappa shape index (κ1) is 18.0. The van der Waals surface area contributed by atoms with Crippen LogP contribution in [0.2, 0.25) is 5.02 Å². The third-order valence-electron chi connectivity index (χ3n) is 5.75. The van der Waals surface area contributed by atoms with Gasteiger partial charge >= 0.3 is 0 Å². The average molecular weight is 367 g/mol. The summed E-state index contributed by atoms with van der Waals surface area (Å²) in [4.78, 5) is 4.07. The Balaban J connectivity index is 1.48. The second kappa shape index (κ2) is 8.50. The van der Waals surface area contributed by atoms with Crippen LogP contribution in [0.3, 0.4) is 0 Å². The fraction of sp³-hybridized carbons (Fsp3) is 0.632. The monoisotopic (exact) mass is 366 g/mol. The number of quaternary nitrogens is 1. The van der Waals surface area contributed by atoms with Gasteiger partial charge in [0, 0.05) is 36.6 Å². The Kier molecular flexibility index (Phi) is 6.37. The smallest absolute Gasteiger partial charge is 0.173 e. The minimum atomic E-state index is 0.735. The highest BCUT2D eigenvalue weighted by Crippen LogP contribution is 2.19. The summed E-state index contributed by atoms with van der Waals surface area (Å²) in [5.74, 6) is 0. The summed E-state index contributed by atoms with van der Waals surface area (Å²) in [6.07, 6.45) is 9.59. The molecule has 2 aliphatic rings. The number of nitrogens with zero attached hydrogens (tertiary/aromatic N) is 1. The van der Waals surface area contributed by atoms with E-state index >= 15 is 0 Å². The van der Waals surface area contributed by atoms with Crippen molar-refractivity contribution in [2.24, 2.45) is 0 Å². The number of hydrogen-bond donors (Lipinski definition) is 2. The van der Waals surface area contributed by atoms with Gasteiger partial charge in [-0.3, -0.25) is 0 Å². The zero-order valence-corrected chi connectivity index (χ0v) is 16.1. The second-order valence-corrected chi connectivity index (χ2v) is 8.10. The third-order valence-corrected chi connectivity index (χ3v) is 6.35. The van der Waals surface area contributed by atoms with E-state index in [1.807, 2.05) is 24.3 Å². The third kappa shape index (κ3) is 4.62. The van der Waals surface area contributed by atoms with Gasteiger partial charge in [-0.15, -0.1) is 0 Å². The number of rotatable bonds is 3. The predicted octanol–water partition coefficient (Wildman–Crippen LogP) is 3.35. The van der Waals surface area contributed by atoms with Crippen molar-refractivity contribution in [3.8, 4) is 0 Å². The molecule has 1 aromatic rings. The van der Waals surface area contributed by atoms with E-state index in [-0.39, 0.29) is 0 Å². The standard InChI is InChI=1S/C19H28ClN3S/c1-22(17-8-3-2-4-9-17)18-10-12-23(13-11-18)19(24)21-16-7-5-6-15(20)14-16/h5-7,14,17-18H,2-4,8-13H2,1H3,(H,21,24)/p+1. The van der Waals surface area contributed by atoms with Crippen molar-refractivity contribution in [1.82, 2.24) is 4.90 Å². The summed E-state index contributed by atoms with van der Waals surface area (Å²) in [7, 11) is 2.42. The lowest BCUT2D eigenvalue weighted by molar-refractivity contribution is -0.933. The van der Waals surface area contributed by atoms with Crippen molar-refractivity contribution in [1.29, 1.82) is 0 Å². The Morgan fingerprint density at radius 2 is 1.79 bits per heavy atom. The summed E-state index contributed by atoms with van der Waals surface area (Å²) in [6.45, 7) is 2.11. The number of halogens is 1. The van der Waals surface area contributed by atoms with Gasteiger partial charge in [0.2, 0.25) is 0 Å². The first-order valence-corrected chi connectivity index (χ1v) is 10.1. The first-order valence-electron chi connectivity index (χ1n) is 9.28. The van der Waals surface area contributed by atoms with Crippen LogP contribution in [-0.4, -0.2) is 42.2 Å². The number of nitrogens with one attached hydrogen (secondary N) is 2. The molecule has 5 heteroatoms. The van der Waals surface area contributed by atoms with Gasteiger partial charge in [-0.05, 0) is 56.1 Å². The van der Waals surface area contributed by atoms with Gasteiger partial charge in [-0.25, -0.2) is 0 Å². The maximum Gasteiger partial charge on any atom is 0.173 e. The molecule has 1 atom stereocenters. The fourth-order valence-corrected chi connectivity index (χ4v) is 4.69. The summed E-state index contributed by atoms with van der Waals surface area (Å²) < 4.78 is 0. The molecule has 3 rings (SSSR count). The van der Waals surface area contributed by atoms with E-state index in [1.54, 1.807) is 4.90 Å². The lowest BCUT2D eigenvalue weighted by Crippen LogP contribution is -3.17. The van der Waals surface area contributed by atoms with Crippen LogP contribution in [-0.2, 0) is 0 Å². The highest BCUT2D eigenvalue weighted by Gasteiger charge is 2.31. The molecule has 3 nitrogen and oxygen atoms in total. The van der Waals surface area contributed by atoms with Gasteiger partial charge in [-0.2, -0.15) is 0 Å². The quantitative estimate of drug-likeness (QED) is 0.800. The Bertz CT molecular complexity index is 551. The van der Waals surface area contributed by atoms with Crippen LogP contribution in [0.4, 0.5) is 5.69 Å². The molecule has 0 amide bonds. The molecule has 2 fully saturated rings. The first-order chi connectivity index (χ1) is 11.6. The number of benzene rings is 1. The second-order valence-electron chi connectivity index (χ2n) is 7.28. The average Bonchev–Trinajstić information content (AvgIpc) is 2.62. The van der Waals surface area contributed by atoms with Crippen LogP contribution in [0.25, 0.3) is 0 Å². The van der Waals surface area contributed by atoms with Crippen LogP contribution in [0.15, 0.2) is 24.3 Å². The molecule has 2 N–H and O–H groups in total. The van der Waals surface area contributed by atoms with E-state index < -0.39 is 0 Å². The molecule has 1 aliphatic carbocycles. The molecule has 1 saturated carbocycles. The molecule has 1 aromatic carbocycles. The van der Waals surface area contributed by atoms with E-state index in [1.165, 1.54) is 44.9 Å². The van der Waals surface area contributed by atoms with E-state index in [4.69, 9.17) is 23.8 Å². The summed E-state index contributed by atoms with van der Waals surface area (Å²) in [5.41, 5.74) is 0.972. The van der Waals surface area contributed by atoms with Gasteiger partial charge in [0.05, 0.1) is 19.1 Å². The molecular weight excluding hydrogens is 338 g/mol. The van der Waals surface area contributed by atoms with Crippen LogP contribution in [0.5, 0.6) is 0 Å². The van der Waals surface area contributed by atoms with E-state index in [0.717, 1.165) is 41.0 Å². The van der Waals surface area contributed by atoms with Crippen molar-refractivity contribution < 1.29 is 4.90 Å². The van der Waals surface area contributed by atoms with Crippen molar-refractivity contribution >= 4 is 34.6 Å². The number of anilines is 1. The summed E-state index contributed by atoms with van der Waals surface area (Å²) >= 11 is 11.6. The van der Waals surface area contributed by atoms with Gasteiger partial charge in [0.15, 0.2) is 5.11 Å². The number of piperidine rings is 1. The lowest BCUT2D eigenvalue weighted by atomic mass is 9.92. The minimum absolute atomic E-state index is 0.735. The minimum Gasteiger partial charge on any atom is -0.349 e. The lowest BCUT2D eigenvalue weighted by Gasteiger charge is -2.39. The molecule has 0 radical (unpaired) electrons. The summed E-state index contributed by atoms with van der Waals surface area (Å²) in [5, 5.41) is 4.89. The largest absolute Gasteiger partial charge is 0.349 e. The Hall–Kier alpha value is -0.840. The zero-order valence-electron chi connectivity index (χ0n) is 14.6. The molecule has 1 heterocycles. The van der Waals surface area contributed by atoms with Gasteiger partial charge in [0.25, 0.3) is 0 Å². The Morgan fingerprint density at radius 1 is 1.12 bits per heavy atom. The summed E-state index contributed by atoms with van der Waals surface area (Å²) in [6, 6.07) is 9.42. The fourth-order valence-electron chi connectivity index (χ4n) is 4.20. The molecule has 1 aliphatic heterocycles. The molecule has 0 bridgehead atoms. The van der Waals surface area contributed by atoms with Gasteiger partial charge in [0.1, 0.15) is 0 Å². The highest BCUT2D eigenvalue weighted by molar-refractivity contribution is 7.80. The van der Waals surface area contributed by atoms with Crippen molar-refractivity contribution in [3.05, 3.63) is 29.3 Å². The SMILES string of the molecule is C[NH+](C1CCCCC1)C1CCN(C(=S)Nc2cccc(Cl)c2)CC1. The van der Waals surface area contributed by atoms with Crippen LogP contribution >= 0.6 is 23.8 Å². The predicted molar refractivity (Wildman–Crippen MR) is 106 cm³/mol. The molecular formula is C19H29ClN3S+. The highest BCUT2D eigenvalue weighted by atomic mass is 35.5. The number of hydrogen-bond acceptors (Lipinski definition) is 1. The van der Waals surface area contributed by atoms with E-state index in [9.17, 15) is 0 Å². The molecule has 24 heavy (non-hydrogen) atoms. The number of likely N-dealkylation sites (tertiary alicyclic amines) is 1. The van der Waals surface area contributed by atoms with Crippen LogP contribution in [0, 0.1) is 0 Å². The number of thiocarbonyl (C=S) groups is 1. The maximum atomic E-state index is 6.04. The van der Waals surface area contributed by atoms with Crippen LogP contribution in [0.1, 0.15) is 44.9 Å². The van der Waals surface area contributed by atoms with Crippen molar-refractivity contribution in [2.75, 3.05) is 25.5 Å². The topological polar surface area (TPSA) is 19.7 Å². The van der Waals surface area contributed by atoms with E-state index in [2.05, 4.69) is 17.3 Å². The molecule has 0 spiro atoms. The van der Waals surface area contributed by atoms with E-state index in [0.29, 0.717) is 0 Å². The molecule has 0 aromatic heterocycles. The van der Waals surface area contributed by atoms with Crippen LogP contribution < -0.4 is 10.2 Å². The maximum absolute atomic E-state index is 6.04. The Morgan fingerprint density at radius 3 is 2.46 bits per heavy atom. The van der Waals surface area contributed by atoms with Crippen molar-refractivity contribution in [2.45, 2.75) is 57.0 Å². The van der Waals surface area contributed by atoms with Gasteiger partial charge < -0.3 is 15.1 Å². The molecule has 132 valence electrons. The zero-order chi connectivity index (χ0) is 16.9. The van der Waals surface area contributed by atoms with Crippen molar-refractivity contribution in [3.63, 3.8) is 0 Å².